The molecule has 9 atom stereocenters. The molecular weight excluding hydrogens is 1260 g/mol. The fourth-order valence-corrected chi connectivity index (χ4v) is 24.0. The minimum Gasteiger partial charge on any atom is -0.334 e. The van der Waals surface area contributed by atoms with E-state index in [-0.39, 0.29) is 32.9 Å². The Morgan fingerprint density at radius 1 is 0.260 bits per heavy atom. The molecule has 6 aliphatic rings. The van der Waals surface area contributed by atoms with Crippen LogP contribution in [0.25, 0.3) is 120 Å². The van der Waals surface area contributed by atoms with Crippen LogP contribution in [0.2, 0.25) is 0 Å². The Morgan fingerprint density at radius 3 is 0.933 bits per heavy atom. The quantitative estimate of drug-likeness (QED) is 0.150. The van der Waals surface area contributed by atoms with Gasteiger partial charge in [0.05, 0.1) is 16.6 Å². The van der Waals surface area contributed by atoms with E-state index in [1.54, 1.807) is 0 Å². The first kappa shape index (κ1) is 62.4. The molecule has 21 rings (SSSR count). The molecule has 0 amide bonds. The second-order valence-corrected chi connectivity index (χ2v) is 34.0. The van der Waals surface area contributed by atoms with Gasteiger partial charge in [0.25, 0.3) is 0 Å². The van der Waals surface area contributed by atoms with Gasteiger partial charge in [0.2, 0.25) is 0 Å². The van der Waals surface area contributed by atoms with E-state index in [1.165, 1.54) is 216 Å². The molecule has 3 saturated carbocycles. The summed E-state index contributed by atoms with van der Waals surface area (Å²) in [6, 6.07) is 102. The molecule has 3 fully saturated rings. The smallest absolute Gasteiger partial charge is 0.0543 e. The molecule has 3 heterocycles. The van der Waals surface area contributed by atoms with Crippen molar-refractivity contribution in [3.8, 4) is 55.6 Å². The van der Waals surface area contributed by atoms with Crippen LogP contribution < -0.4 is 14.7 Å². The summed E-state index contributed by atoms with van der Waals surface area (Å²) in [4.78, 5) is 8.23. The number of hydrogen-bond donors (Lipinski definition) is 0. The van der Waals surface area contributed by atoms with Crippen molar-refractivity contribution in [1.29, 1.82) is 0 Å². The summed E-state index contributed by atoms with van der Waals surface area (Å²) in [7, 11) is 0. The van der Waals surface area contributed by atoms with E-state index in [1.807, 2.05) is 0 Å². The van der Waals surface area contributed by atoms with Crippen LogP contribution in [0.15, 0.2) is 261 Å². The second-order valence-electron chi connectivity index (χ2n) is 34.0. The molecule has 0 bridgehead atoms. The number of hydrogen-bond acceptors (Lipinski definition) is 3. The fourth-order valence-electron chi connectivity index (χ4n) is 24.0. The van der Waals surface area contributed by atoms with Crippen molar-refractivity contribution < 1.29 is 0 Å². The predicted octanol–water partition coefficient (Wildman–Crippen LogP) is 27.8. The normalized spacial score (nSPS) is 26.2. The van der Waals surface area contributed by atoms with Gasteiger partial charge in [-0.1, -0.05) is 249 Å². The number of anilines is 6. The van der Waals surface area contributed by atoms with Crippen LogP contribution in [-0.4, -0.2) is 16.6 Å². The van der Waals surface area contributed by atoms with Crippen molar-refractivity contribution in [1.82, 2.24) is 0 Å². The standard InChI is InChI=1S/C101H91N3/c1-62-29-26-56-96(4)81-59-67(44-53-84(81)102(99(62,96)7)70-36-19-12-20-37-70)73-47-50-78-89-76(73)42-25-43-77(89)92-87(65-32-15-10-16-33-65)94-79-51-48-74(68-45-54-85-82(60-68)97(5)57-27-30-63(2)100(97,8)103(85)71-38-21-13-22-39-71)90-75(49-52-80(91(79)90)95(94)88(93(78)92)66-34-17-11-18-35-66)69-46-55-86-83(61-69)98(6)58-28-31-64(3)101(98,9)104(86)72-40-23-14-24-41-72/h10-25,32-55,59-64H,26-31,56-58H2,1-9H3. The zero-order chi connectivity index (χ0) is 70.1. The molecule has 0 radical (unpaired) electrons. The summed E-state index contributed by atoms with van der Waals surface area (Å²) in [5.74, 6) is 1.50. The van der Waals surface area contributed by atoms with Gasteiger partial charge in [-0.2, -0.15) is 0 Å². The Kier molecular flexibility index (Phi) is 13.1. The maximum atomic E-state index is 2.75. The monoisotopic (exact) mass is 1350 g/mol. The van der Waals surface area contributed by atoms with Crippen molar-refractivity contribution in [3.63, 3.8) is 0 Å². The van der Waals surface area contributed by atoms with Crippen LogP contribution in [0.3, 0.4) is 0 Å². The summed E-state index contributed by atoms with van der Waals surface area (Å²) in [6.45, 7) is 23.1. The van der Waals surface area contributed by atoms with Crippen molar-refractivity contribution in [2.45, 2.75) is 153 Å². The summed E-state index contributed by atoms with van der Waals surface area (Å²) in [6.07, 6.45) is 10.8. The number of benzene rings is 13. The minimum absolute atomic E-state index is 0.0347. The lowest BCUT2D eigenvalue weighted by Gasteiger charge is -2.54. The topological polar surface area (TPSA) is 9.72 Å². The Hall–Kier alpha value is -10.2. The number of fused-ring (bicyclic) bond motifs is 15. The molecule has 9 unspecified atom stereocenters. The van der Waals surface area contributed by atoms with Crippen molar-refractivity contribution in [3.05, 3.63) is 278 Å². The summed E-state index contributed by atoms with van der Waals surface area (Å²) in [5.41, 5.74) is 24.7. The van der Waals surface area contributed by atoms with Crippen molar-refractivity contribution in [2.24, 2.45) is 17.8 Å². The van der Waals surface area contributed by atoms with Crippen LogP contribution in [0.5, 0.6) is 0 Å². The molecular formula is C101H91N3. The Bertz CT molecular complexity index is 5760. The lowest BCUT2D eigenvalue weighted by atomic mass is 9.57. The van der Waals surface area contributed by atoms with Gasteiger partial charge in [-0.05, 0) is 287 Å². The lowest BCUT2D eigenvalue weighted by molar-refractivity contribution is 0.130. The van der Waals surface area contributed by atoms with E-state index in [9.17, 15) is 0 Å². The molecule has 3 heteroatoms. The lowest BCUT2D eigenvalue weighted by Crippen LogP contribution is -2.59. The zero-order valence-corrected chi connectivity index (χ0v) is 61.8. The van der Waals surface area contributed by atoms with Gasteiger partial charge in [0, 0.05) is 50.4 Å². The van der Waals surface area contributed by atoms with Gasteiger partial charge >= 0.3 is 0 Å². The molecule has 104 heavy (non-hydrogen) atoms. The Balaban J connectivity index is 0.855. The molecule has 15 aromatic rings. The van der Waals surface area contributed by atoms with Gasteiger partial charge in [0.1, 0.15) is 0 Å². The number of para-hydroxylation sites is 3. The molecule has 0 aromatic heterocycles. The molecule has 15 aromatic carbocycles. The van der Waals surface area contributed by atoms with E-state index in [4.69, 9.17) is 0 Å². The third-order valence-corrected chi connectivity index (χ3v) is 29.9. The highest BCUT2D eigenvalue weighted by atomic mass is 15.3. The average molecular weight is 1350 g/mol. The van der Waals surface area contributed by atoms with Crippen molar-refractivity contribution in [2.75, 3.05) is 14.7 Å². The molecule has 3 nitrogen and oxygen atoms in total. The van der Waals surface area contributed by atoms with E-state index in [2.05, 4.69) is 338 Å². The first-order valence-electron chi connectivity index (χ1n) is 39.1. The fraction of sp³-hybridized carbons (Fsp3) is 0.267. The van der Waals surface area contributed by atoms with Gasteiger partial charge in [0.15, 0.2) is 0 Å². The highest BCUT2D eigenvalue weighted by molar-refractivity contribution is 6.47. The van der Waals surface area contributed by atoms with Gasteiger partial charge < -0.3 is 14.7 Å². The van der Waals surface area contributed by atoms with Gasteiger partial charge in [-0.15, -0.1) is 0 Å². The molecule has 510 valence electrons. The largest absolute Gasteiger partial charge is 0.334 e. The summed E-state index contributed by atoms with van der Waals surface area (Å²) < 4.78 is 0. The third-order valence-electron chi connectivity index (χ3n) is 29.9. The highest BCUT2D eigenvalue weighted by Crippen LogP contribution is 2.68. The Morgan fingerprint density at radius 2 is 0.567 bits per heavy atom. The molecule has 0 saturated heterocycles. The van der Waals surface area contributed by atoms with Crippen molar-refractivity contribution >= 4 is 98.8 Å². The van der Waals surface area contributed by atoms with Gasteiger partial charge in [-0.3, -0.25) is 0 Å². The average Bonchev–Trinajstić information content (AvgIpc) is 1.55. The first-order valence-corrected chi connectivity index (χ1v) is 39.1. The molecule has 0 N–H and O–H groups in total. The number of nitrogens with zero attached hydrogens (tertiary/aromatic N) is 3. The molecule has 3 aliphatic heterocycles. The SMILES string of the molecule is CC1CCCC2(C)c3cc(-c4ccc5c6c(-c7ccccc7)c7c8ccc(-c9ccc%10c(c9)C9(C)CCCC(C)C9(C)N%10c9ccccc9)c9c(-c%10ccc%11c(c%10)C%10(C)CCCC(C)C%10(C)N%11c%10ccccc%10)ccc(c7c(-c7ccccc7)c6c6cccc4c65)c98)ccc3N(c3ccccc3)C12C. The third kappa shape index (κ3) is 7.78. The predicted molar refractivity (Wildman–Crippen MR) is 443 cm³/mol. The maximum absolute atomic E-state index is 2.75. The molecule has 0 spiro atoms. The summed E-state index contributed by atoms with van der Waals surface area (Å²) >= 11 is 0. The maximum Gasteiger partial charge on any atom is 0.0543 e. The van der Waals surface area contributed by atoms with Crippen LogP contribution in [0.4, 0.5) is 34.1 Å². The van der Waals surface area contributed by atoms with Crippen LogP contribution in [0.1, 0.15) is 137 Å². The second kappa shape index (κ2) is 21.9. The van der Waals surface area contributed by atoms with E-state index >= 15 is 0 Å². The van der Waals surface area contributed by atoms with E-state index in [0.717, 1.165) is 12.8 Å². The van der Waals surface area contributed by atoms with E-state index in [0.29, 0.717) is 17.8 Å². The van der Waals surface area contributed by atoms with E-state index < -0.39 is 0 Å². The summed E-state index contributed by atoms with van der Waals surface area (Å²) in [5, 5.41) is 15.9. The highest BCUT2D eigenvalue weighted by Gasteiger charge is 2.63. The Labute approximate surface area is 613 Å². The first-order chi connectivity index (χ1) is 50.6. The zero-order valence-electron chi connectivity index (χ0n) is 61.8. The van der Waals surface area contributed by atoms with Gasteiger partial charge in [-0.25, -0.2) is 0 Å². The van der Waals surface area contributed by atoms with Crippen LogP contribution in [-0.2, 0) is 16.2 Å². The minimum atomic E-state index is -0.115. The van der Waals surface area contributed by atoms with Crippen LogP contribution in [0, 0.1) is 17.8 Å². The molecule has 3 aliphatic carbocycles. The van der Waals surface area contributed by atoms with Crippen LogP contribution >= 0.6 is 0 Å². The number of rotatable bonds is 8.